The lowest BCUT2D eigenvalue weighted by Crippen LogP contribution is -2.45. The van der Waals surface area contributed by atoms with Gasteiger partial charge in [-0.3, -0.25) is 14.1 Å². The van der Waals surface area contributed by atoms with Gasteiger partial charge >= 0.3 is 5.97 Å². The molecule has 1 unspecified atom stereocenters. The van der Waals surface area contributed by atoms with Crippen molar-refractivity contribution in [3.05, 3.63) is 0 Å². The van der Waals surface area contributed by atoms with E-state index in [0.29, 0.717) is 5.75 Å². The number of nitrogens with two attached hydrogens (primary N) is 2. The monoisotopic (exact) mass is 208 g/mol. The van der Waals surface area contributed by atoms with Gasteiger partial charge in [-0.05, 0) is 12.3 Å². The van der Waals surface area contributed by atoms with E-state index in [4.69, 9.17) is 16.0 Å². The van der Waals surface area contributed by atoms with Crippen LogP contribution >= 0.6 is 0 Å². The Hall–Kier alpha value is -0.590. The van der Waals surface area contributed by atoms with Crippen molar-refractivity contribution in [1.29, 1.82) is 0 Å². The standard InChI is InChI=1S/C7H16N2O3S/c1-3-13(9,12)5-4-7(2,8)6(10)11/h5H,3-4,8H2,1-2H3,(H2,9,12)(H,10,11)/t7-,13?/m0/s1. The smallest absolute Gasteiger partial charge is 0.323 e. The fourth-order valence-corrected chi connectivity index (χ4v) is 1.38. The van der Waals surface area contributed by atoms with Gasteiger partial charge in [0.2, 0.25) is 0 Å². The SMILES string of the molecule is CCS(N)(=O)=CC[C@](C)(N)C(=O)O. The molecular formula is C7H16N2O3S. The highest BCUT2D eigenvalue weighted by Crippen LogP contribution is 2.03. The van der Waals surface area contributed by atoms with Gasteiger partial charge in [0.1, 0.15) is 5.54 Å². The first kappa shape index (κ1) is 12.4. The van der Waals surface area contributed by atoms with Crippen LogP contribution < -0.4 is 10.9 Å². The minimum Gasteiger partial charge on any atom is -0.480 e. The van der Waals surface area contributed by atoms with E-state index >= 15 is 0 Å². The van der Waals surface area contributed by atoms with E-state index < -0.39 is 21.2 Å². The van der Waals surface area contributed by atoms with E-state index in [1.165, 1.54) is 12.3 Å². The van der Waals surface area contributed by atoms with Gasteiger partial charge in [-0.15, -0.1) is 0 Å². The minimum atomic E-state index is -2.50. The molecule has 0 saturated heterocycles. The van der Waals surface area contributed by atoms with Crippen LogP contribution in [0.1, 0.15) is 20.3 Å². The molecule has 0 bridgehead atoms. The predicted octanol–water partition coefficient (Wildman–Crippen LogP) is -0.841. The number of hydrogen-bond acceptors (Lipinski definition) is 3. The van der Waals surface area contributed by atoms with Gasteiger partial charge in [0.15, 0.2) is 0 Å². The molecule has 0 aliphatic carbocycles. The molecule has 13 heavy (non-hydrogen) atoms. The molecule has 0 radical (unpaired) electrons. The molecule has 0 rings (SSSR count). The van der Waals surface area contributed by atoms with Gasteiger partial charge in [0.05, 0.1) is 0 Å². The van der Waals surface area contributed by atoms with Crippen LogP contribution in [0.2, 0.25) is 0 Å². The minimum absolute atomic E-state index is 0.00546. The van der Waals surface area contributed by atoms with Gasteiger partial charge in [0, 0.05) is 21.9 Å². The molecule has 0 fully saturated rings. The zero-order valence-electron chi connectivity index (χ0n) is 7.82. The topological polar surface area (TPSA) is 106 Å². The molecule has 0 aromatic heterocycles. The lowest BCUT2D eigenvalue weighted by Gasteiger charge is -2.16. The molecule has 0 heterocycles. The zero-order valence-corrected chi connectivity index (χ0v) is 8.63. The third-order valence-corrected chi connectivity index (χ3v) is 3.36. The number of carboxylic acids is 1. The van der Waals surface area contributed by atoms with Gasteiger partial charge in [0.25, 0.3) is 0 Å². The summed E-state index contributed by atoms with van der Waals surface area (Å²) in [4.78, 5) is 10.5. The van der Waals surface area contributed by atoms with Crippen LogP contribution in [0.25, 0.3) is 0 Å². The van der Waals surface area contributed by atoms with E-state index in [-0.39, 0.29) is 6.42 Å². The molecular weight excluding hydrogens is 192 g/mol. The second-order valence-electron chi connectivity index (χ2n) is 3.16. The summed E-state index contributed by atoms with van der Waals surface area (Å²) >= 11 is 0. The summed E-state index contributed by atoms with van der Waals surface area (Å²) in [6, 6.07) is 0. The zero-order chi connectivity index (χ0) is 10.7. The number of carboxylic acid groups (broad SMARTS) is 1. The van der Waals surface area contributed by atoms with Gasteiger partial charge in [-0.2, -0.15) is 0 Å². The first-order chi connectivity index (χ1) is 5.71. The summed E-state index contributed by atoms with van der Waals surface area (Å²) in [5.41, 5.74) is 4.02. The van der Waals surface area contributed by atoms with Crippen molar-refractivity contribution < 1.29 is 14.1 Å². The van der Waals surface area contributed by atoms with Crippen molar-refractivity contribution in [2.24, 2.45) is 10.9 Å². The van der Waals surface area contributed by atoms with Crippen molar-refractivity contribution in [3.8, 4) is 0 Å². The van der Waals surface area contributed by atoms with Crippen LogP contribution in [0.4, 0.5) is 0 Å². The van der Waals surface area contributed by atoms with Gasteiger partial charge in [-0.1, -0.05) is 6.92 Å². The second kappa shape index (κ2) is 4.08. The number of rotatable bonds is 4. The Bertz CT molecular complexity index is 303. The second-order valence-corrected chi connectivity index (χ2v) is 5.63. The third-order valence-electron chi connectivity index (χ3n) is 1.73. The van der Waals surface area contributed by atoms with Crippen LogP contribution in [0.5, 0.6) is 0 Å². The summed E-state index contributed by atoms with van der Waals surface area (Å²) in [6.07, 6.45) is 0.00546. The maximum atomic E-state index is 11.3. The molecule has 0 aromatic carbocycles. The van der Waals surface area contributed by atoms with Gasteiger partial charge < -0.3 is 10.8 Å². The van der Waals surface area contributed by atoms with Crippen molar-refractivity contribution in [2.45, 2.75) is 25.8 Å². The summed E-state index contributed by atoms with van der Waals surface area (Å²) in [5.74, 6) is -0.835. The number of hydrogen-bond donors (Lipinski definition) is 3. The molecule has 0 amide bonds. The Morgan fingerprint density at radius 1 is 1.69 bits per heavy atom. The van der Waals surface area contributed by atoms with Crippen LogP contribution in [0.15, 0.2) is 0 Å². The number of carbonyl (C=O) groups is 1. The molecule has 0 aliphatic heterocycles. The highest BCUT2D eigenvalue weighted by molar-refractivity contribution is 7.99. The summed E-state index contributed by atoms with van der Waals surface area (Å²) in [5, 5.41) is 15.3. The van der Waals surface area contributed by atoms with E-state index in [0.717, 1.165) is 0 Å². The van der Waals surface area contributed by atoms with Crippen LogP contribution in [-0.2, 0) is 14.5 Å². The largest absolute Gasteiger partial charge is 0.480 e. The van der Waals surface area contributed by atoms with Gasteiger partial charge in [-0.25, -0.2) is 0 Å². The van der Waals surface area contributed by atoms with E-state index in [2.05, 4.69) is 0 Å². The Morgan fingerprint density at radius 3 is 2.46 bits per heavy atom. The summed E-state index contributed by atoms with van der Waals surface area (Å²) in [6.45, 7) is 3.03. The van der Waals surface area contributed by atoms with Crippen molar-refractivity contribution in [2.75, 3.05) is 5.75 Å². The maximum Gasteiger partial charge on any atom is 0.323 e. The van der Waals surface area contributed by atoms with Crippen LogP contribution in [0, 0.1) is 0 Å². The quantitative estimate of drug-likeness (QED) is 0.523. The summed E-state index contributed by atoms with van der Waals surface area (Å²) in [7, 11) is -2.50. The van der Waals surface area contributed by atoms with Crippen molar-refractivity contribution >= 4 is 21.0 Å². The molecule has 78 valence electrons. The highest BCUT2D eigenvalue weighted by atomic mass is 32.2. The fraction of sp³-hybridized carbons (Fsp3) is 0.714. The normalized spacial score (nSPS) is 20.0. The van der Waals surface area contributed by atoms with Crippen LogP contribution in [-0.4, -0.2) is 31.9 Å². The Morgan fingerprint density at radius 2 is 2.15 bits per heavy atom. The third kappa shape index (κ3) is 4.25. The molecule has 2 atom stereocenters. The molecule has 0 spiro atoms. The average molecular weight is 208 g/mol. The first-order valence-electron chi connectivity index (χ1n) is 3.86. The first-order valence-corrected chi connectivity index (χ1v) is 5.72. The predicted molar refractivity (Wildman–Crippen MR) is 53.8 cm³/mol. The average Bonchev–Trinajstić information content (AvgIpc) is 2.01. The Kier molecular flexibility index (Phi) is 3.89. The fourth-order valence-electron chi connectivity index (χ4n) is 0.519. The van der Waals surface area contributed by atoms with Crippen molar-refractivity contribution in [3.63, 3.8) is 0 Å². The maximum absolute atomic E-state index is 11.3. The number of aliphatic carboxylic acids is 1. The lowest BCUT2D eigenvalue weighted by molar-refractivity contribution is -0.142. The van der Waals surface area contributed by atoms with Crippen LogP contribution in [0.3, 0.4) is 0 Å². The molecule has 5 nitrogen and oxygen atoms in total. The van der Waals surface area contributed by atoms with E-state index in [1.807, 2.05) is 0 Å². The Labute approximate surface area is 78.2 Å². The summed E-state index contributed by atoms with van der Waals surface area (Å²) < 4.78 is 11.3. The highest BCUT2D eigenvalue weighted by Gasteiger charge is 2.26. The van der Waals surface area contributed by atoms with E-state index in [9.17, 15) is 9.00 Å². The molecule has 5 N–H and O–H groups in total. The molecule has 0 aliphatic rings. The van der Waals surface area contributed by atoms with Crippen molar-refractivity contribution in [1.82, 2.24) is 0 Å². The molecule has 0 aromatic rings. The molecule has 0 saturated carbocycles. The molecule has 6 heteroatoms. The van der Waals surface area contributed by atoms with E-state index in [1.54, 1.807) is 6.92 Å². The Balaban J connectivity index is 4.58. The lowest BCUT2D eigenvalue weighted by atomic mass is 10.0.